The predicted molar refractivity (Wildman–Crippen MR) is 67.5 cm³/mol. The van der Waals surface area contributed by atoms with Gasteiger partial charge in [0.2, 0.25) is 5.91 Å². The number of carbonyl (C=O) groups is 1. The summed E-state index contributed by atoms with van der Waals surface area (Å²) in [5, 5.41) is 3.03. The number of hydrogen-bond acceptors (Lipinski definition) is 2. The smallest absolute Gasteiger partial charge is 0.239 e. The fourth-order valence-electron chi connectivity index (χ4n) is 1.28. The first-order valence-electron chi connectivity index (χ1n) is 4.54. The molecule has 1 unspecified atom stereocenters. The Morgan fingerprint density at radius 3 is 2.60 bits per heavy atom. The monoisotopic (exact) mass is 334 g/mol. The van der Waals surface area contributed by atoms with E-state index in [2.05, 4.69) is 37.2 Å². The quantitative estimate of drug-likeness (QED) is 0.887. The van der Waals surface area contributed by atoms with Crippen LogP contribution in [0.3, 0.4) is 0 Å². The highest BCUT2D eigenvalue weighted by Crippen LogP contribution is 2.26. The first-order chi connectivity index (χ1) is 7.06. The lowest BCUT2D eigenvalue weighted by atomic mass is 10.1. The van der Waals surface area contributed by atoms with Crippen molar-refractivity contribution in [2.45, 2.75) is 13.0 Å². The summed E-state index contributed by atoms with van der Waals surface area (Å²) >= 11 is 6.76. The van der Waals surface area contributed by atoms with Crippen LogP contribution in [0.5, 0.6) is 0 Å². The molecule has 1 aromatic rings. The highest BCUT2D eigenvalue weighted by atomic mass is 79.9. The minimum Gasteiger partial charge on any atom is -0.368 e. The summed E-state index contributed by atoms with van der Waals surface area (Å²) in [6.45, 7) is 2.63. The molecular weight excluding hydrogens is 324 g/mol. The summed E-state index contributed by atoms with van der Waals surface area (Å²) in [6, 6.07) is 5.20. The molecule has 82 valence electrons. The fourth-order valence-corrected chi connectivity index (χ4v) is 1.92. The summed E-state index contributed by atoms with van der Waals surface area (Å²) in [7, 11) is 0. The van der Waals surface area contributed by atoms with Crippen LogP contribution >= 0.6 is 31.9 Å². The van der Waals surface area contributed by atoms with Gasteiger partial charge in [0.25, 0.3) is 0 Å². The molecule has 15 heavy (non-hydrogen) atoms. The third kappa shape index (κ3) is 3.29. The van der Waals surface area contributed by atoms with Gasteiger partial charge in [0.05, 0.1) is 0 Å². The molecule has 0 aliphatic carbocycles. The van der Waals surface area contributed by atoms with Crippen LogP contribution in [-0.2, 0) is 4.79 Å². The van der Waals surface area contributed by atoms with Gasteiger partial charge >= 0.3 is 0 Å². The van der Waals surface area contributed by atoms with E-state index in [4.69, 9.17) is 5.73 Å². The number of nitrogens with two attached hydrogens (primary N) is 1. The van der Waals surface area contributed by atoms with Gasteiger partial charge in [-0.15, -0.1) is 0 Å². The zero-order chi connectivity index (χ0) is 11.4. The van der Waals surface area contributed by atoms with E-state index in [1.165, 1.54) is 0 Å². The van der Waals surface area contributed by atoms with E-state index in [-0.39, 0.29) is 5.91 Å². The largest absolute Gasteiger partial charge is 0.368 e. The Morgan fingerprint density at radius 1 is 1.47 bits per heavy atom. The van der Waals surface area contributed by atoms with Crippen molar-refractivity contribution in [2.75, 3.05) is 6.54 Å². The minimum atomic E-state index is -0.431. The first-order valence-corrected chi connectivity index (χ1v) is 6.12. The number of benzene rings is 1. The lowest BCUT2D eigenvalue weighted by molar-refractivity contribution is -0.120. The highest BCUT2D eigenvalue weighted by molar-refractivity contribution is 9.13. The molecule has 1 amide bonds. The summed E-state index contributed by atoms with van der Waals surface area (Å²) in [5.74, 6) is -0.369. The number of hydrogen-bond donors (Lipinski definition) is 2. The van der Waals surface area contributed by atoms with Crippen LogP contribution in [0, 0.1) is 0 Å². The molecule has 5 heteroatoms. The predicted octanol–water partition coefficient (Wildman–Crippen LogP) is 2.35. The number of likely N-dealkylation sites (N-methyl/N-ethyl adjacent to an activating group) is 1. The Balaban J connectivity index is 3.01. The summed E-state index contributed by atoms with van der Waals surface area (Å²) < 4.78 is 1.86. The van der Waals surface area contributed by atoms with Crippen LogP contribution in [0.25, 0.3) is 0 Å². The third-order valence-corrected chi connectivity index (χ3v) is 3.85. The van der Waals surface area contributed by atoms with Crippen LogP contribution in [0.2, 0.25) is 0 Å². The van der Waals surface area contributed by atoms with Crippen LogP contribution in [-0.4, -0.2) is 12.5 Å². The minimum absolute atomic E-state index is 0.369. The van der Waals surface area contributed by atoms with Gasteiger partial charge in [0.15, 0.2) is 0 Å². The number of rotatable bonds is 4. The maximum absolute atomic E-state index is 11.2. The Kier molecular flexibility index (Phi) is 4.76. The van der Waals surface area contributed by atoms with E-state index in [9.17, 15) is 4.79 Å². The Morgan fingerprint density at radius 2 is 2.13 bits per heavy atom. The third-order valence-electron chi connectivity index (χ3n) is 1.97. The maximum atomic E-state index is 11.2. The van der Waals surface area contributed by atoms with Crippen LogP contribution in [0.1, 0.15) is 18.5 Å². The molecule has 3 N–H and O–H groups in total. The molecule has 1 rings (SSSR count). The summed E-state index contributed by atoms with van der Waals surface area (Å²) in [4.78, 5) is 11.2. The molecule has 0 radical (unpaired) electrons. The standard InChI is InChI=1S/C10H12Br2N2O/c1-2-14-9(10(13)15)6-3-4-7(11)8(12)5-6/h3-5,9,14H,2H2,1H3,(H2,13,15). The number of amides is 1. The van der Waals surface area contributed by atoms with Gasteiger partial charge < -0.3 is 11.1 Å². The zero-order valence-corrected chi connectivity index (χ0v) is 11.4. The fraction of sp³-hybridized carbons (Fsp3) is 0.300. The molecule has 0 heterocycles. The van der Waals surface area contributed by atoms with Gasteiger partial charge in [0.1, 0.15) is 6.04 Å². The molecule has 0 fully saturated rings. The van der Waals surface area contributed by atoms with Crippen molar-refractivity contribution in [1.82, 2.24) is 5.32 Å². The van der Waals surface area contributed by atoms with Gasteiger partial charge in [0, 0.05) is 8.95 Å². The van der Waals surface area contributed by atoms with Gasteiger partial charge in [-0.3, -0.25) is 4.79 Å². The lowest BCUT2D eigenvalue weighted by Gasteiger charge is -2.15. The summed E-state index contributed by atoms with van der Waals surface area (Å²) in [5.41, 5.74) is 6.18. The molecule has 1 aromatic carbocycles. The van der Waals surface area contributed by atoms with Gasteiger partial charge in [-0.05, 0) is 56.1 Å². The van der Waals surface area contributed by atoms with Crippen molar-refractivity contribution in [3.05, 3.63) is 32.7 Å². The number of carbonyl (C=O) groups excluding carboxylic acids is 1. The van der Waals surface area contributed by atoms with Gasteiger partial charge in [-0.2, -0.15) is 0 Å². The van der Waals surface area contributed by atoms with E-state index < -0.39 is 6.04 Å². The Hall–Kier alpha value is -0.390. The molecular formula is C10H12Br2N2O. The zero-order valence-electron chi connectivity index (χ0n) is 8.26. The molecule has 0 saturated heterocycles. The molecule has 0 aromatic heterocycles. The topological polar surface area (TPSA) is 55.1 Å². The molecule has 0 aliphatic heterocycles. The average molecular weight is 336 g/mol. The van der Waals surface area contributed by atoms with Crippen molar-refractivity contribution in [3.63, 3.8) is 0 Å². The van der Waals surface area contributed by atoms with Crippen molar-refractivity contribution >= 4 is 37.8 Å². The van der Waals surface area contributed by atoms with Crippen LogP contribution < -0.4 is 11.1 Å². The van der Waals surface area contributed by atoms with Crippen molar-refractivity contribution < 1.29 is 4.79 Å². The van der Waals surface area contributed by atoms with Gasteiger partial charge in [-0.25, -0.2) is 0 Å². The molecule has 3 nitrogen and oxygen atoms in total. The second kappa shape index (κ2) is 5.63. The maximum Gasteiger partial charge on any atom is 0.239 e. The molecule has 0 bridgehead atoms. The lowest BCUT2D eigenvalue weighted by Crippen LogP contribution is -2.33. The SMILES string of the molecule is CCNC(C(N)=O)c1ccc(Br)c(Br)c1. The normalized spacial score (nSPS) is 12.5. The van der Waals surface area contributed by atoms with E-state index >= 15 is 0 Å². The van der Waals surface area contributed by atoms with Crippen molar-refractivity contribution in [2.24, 2.45) is 5.73 Å². The Bertz CT molecular complexity index is 368. The molecule has 0 saturated carbocycles. The number of halogens is 2. The molecule has 1 atom stereocenters. The molecule has 0 aliphatic rings. The van der Waals surface area contributed by atoms with Crippen LogP contribution in [0.15, 0.2) is 27.1 Å². The van der Waals surface area contributed by atoms with Crippen LogP contribution in [0.4, 0.5) is 0 Å². The van der Waals surface area contributed by atoms with Gasteiger partial charge in [-0.1, -0.05) is 13.0 Å². The Labute approximate surface area is 106 Å². The van der Waals surface area contributed by atoms with Crippen molar-refractivity contribution in [3.8, 4) is 0 Å². The highest BCUT2D eigenvalue weighted by Gasteiger charge is 2.16. The second-order valence-corrected chi connectivity index (χ2v) is 4.78. The van der Waals surface area contributed by atoms with E-state index in [1.807, 2.05) is 25.1 Å². The molecule has 0 spiro atoms. The summed E-state index contributed by atoms with van der Waals surface area (Å²) in [6.07, 6.45) is 0. The average Bonchev–Trinajstić information content (AvgIpc) is 2.18. The van der Waals surface area contributed by atoms with E-state index in [0.717, 1.165) is 14.5 Å². The number of nitrogens with one attached hydrogen (secondary N) is 1. The number of primary amides is 1. The van der Waals surface area contributed by atoms with E-state index in [1.54, 1.807) is 0 Å². The first kappa shape index (κ1) is 12.7. The van der Waals surface area contributed by atoms with E-state index in [0.29, 0.717) is 6.54 Å². The second-order valence-electron chi connectivity index (χ2n) is 3.07. The van der Waals surface area contributed by atoms with Crippen molar-refractivity contribution in [1.29, 1.82) is 0 Å².